The molecule has 0 fully saturated rings. The molecule has 0 amide bonds. The Balaban J connectivity index is 1.96. The van der Waals surface area contributed by atoms with Crippen molar-refractivity contribution >= 4 is 0 Å². The Hall–Kier alpha value is -2.61. The molecule has 0 saturated carbocycles. The van der Waals surface area contributed by atoms with E-state index >= 15 is 0 Å². The molecule has 2 aromatic rings. The molecule has 1 aromatic carbocycles. The van der Waals surface area contributed by atoms with Gasteiger partial charge in [-0.15, -0.1) is 0 Å². The van der Waals surface area contributed by atoms with Crippen LogP contribution in [0.25, 0.3) is 0 Å². The van der Waals surface area contributed by atoms with Crippen molar-refractivity contribution in [2.24, 2.45) is 0 Å². The first-order valence-electron chi connectivity index (χ1n) is 6.74. The highest BCUT2D eigenvalue weighted by atomic mass is 16.5. The van der Waals surface area contributed by atoms with E-state index < -0.39 is 0 Å². The number of benzene rings is 1. The molecule has 0 aliphatic carbocycles. The molecule has 5 heteroatoms. The van der Waals surface area contributed by atoms with Gasteiger partial charge < -0.3 is 4.74 Å². The molecule has 0 N–H and O–H groups in total. The number of hydrogen-bond donors (Lipinski definition) is 0. The molecule has 0 bridgehead atoms. The fraction of sp³-hybridized carbons (Fsp3) is 0.312. The maximum absolute atomic E-state index is 11.9. The largest absolute Gasteiger partial charge is 0.492 e. The molecule has 0 unspecified atom stereocenters. The van der Waals surface area contributed by atoms with Gasteiger partial charge in [0.2, 0.25) is 0 Å². The van der Waals surface area contributed by atoms with Crippen LogP contribution in [-0.2, 0) is 13.0 Å². The van der Waals surface area contributed by atoms with E-state index in [9.17, 15) is 4.79 Å². The molecule has 2 rings (SSSR count). The minimum absolute atomic E-state index is 0.0621. The van der Waals surface area contributed by atoms with E-state index in [1.807, 2.05) is 31.2 Å². The molecule has 0 spiro atoms. The molecule has 0 atom stereocenters. The highest BCUT2D eigenvalue weighted by Crippen LogP contribution is 2.12. The fourth-order valence-corrected chi connectivity index (χ4v) is 2.09. The number of rotatable bonds is 5. The quantitative estimate of drug-likeness (QED) is 0.841. The van der Waals surface area contributed by atoms with Crippen LogP contribution < -0.4 is 10.3 Å². The Morgan fingerprint density at radius 2 is 2.00 bits per heavy atom. The second-order valence-corrected chi connectivity index (χ2v) is 4.76. The second-order valence-electron chi connectivity index (χ2n) is 4.76. The topological polar surface area (TPSA) is 67.9 Å². The van der Waals surface area contributed by atoms with Crippen molar-refractivity contribution < 1.29 is 4.74 Å². The zero-order valence-electron chi connectivity index (χ0n) is 12.2. The summed E-state index contributed by atoms with van der Waals surface area (Å²) in [6.07, 6.45) is 0.393. The molecule has 1 heterocycles. The number of aryl methyl sites for hydroxylation is 2. The zero-order valence-corrected chi connectivity index (χ0v) is 12.2. The Bertz CT molecular complexity index is 712. The van der Waals surface area contributed by atoms with Crippen molar-refractivity contribution in [2.45, 2.75) is 26.8 Å². The van der Waals surface area contributed by atoms with E-state index in [-0.39, 0.29) is 5.56 Å². The third-order valence-corrected chi connectivity index (χ3v) is 3.12. The highest BCUT2D eigenvalue weighted by Gasteiger charge is 2.03. The minimum atomic E-state index is -0.0621. The Morgan fingerprint density at radius 1 is 1.29 bits per heavy atom. The third kappa shape index (κ3) is 3.93. The summed E-state index contributed by atoms with van der Waals surface area (Å²) in [6, 6.07) is 11.0. The predicted molar refractivity (Wildman–Crippen MR) is 79.2 cm³/mol. The van der Waals surface area contributed by atoms with Crippen molar-refractivity contribution in [1.82, 2.24) is 9.55 Å². The Kier molecular flexibility index (Phi) is 4.72. The summed E-state index contributed by atoms with van der Waals surface area (Å²) >= 11 is 0. The maximum atomic E-state index is 11.9. The van der Waals surface area contributed by atoms with Crippen molar-refractivity contribution in [1.29, 1.82) is 5.26 Å². The van der Waals surface area contributed by atoms with E-state index in [1.54, 1.807) is 11.5 Å². The van der Waals surface area contributed by atoms with E-state index in [1.165, 1.54) is 6.07 Å². The van der Waals surface area contributed by atoms with Crippen molar-refractivity contribution in [3.63, 3.8) is 0 Å². The average molecular weight is 283 g/mol. The summed E-state index contributed by atoms with van der Waals surface area (Å²) in [5, 5.41) is 8.61. The smallest absolute Gasteiger partial charge is 0.253 e. The lowest BCUT2D eigenvalue weighted by molar-refractivity contribution is 0.294. The van der Waals surface area contributed by atoms with Gasteiger partial charge >= 0.3 is 0 Å². The van der Waals surface area contributed by atoms with Gasteiger partial charge in [-0.05, 0) is 31.5 Å². The molecular formula is C16H17N3O2. The summed E-state index contributed by atoms with van der Waals surface area (Å²) < 4.78 is 7.21. The van der Waals surface area contributed by atoms with Gasteiger partial charge in [0, 0.05) is 11.8 Å². The van der Waals surface area contributed by atoms with Gasteiger partial charge in [-0.25, -0.2) is 4.98 Å². The van der Waals surface area contributed by atoms with Gasteiger partial charge in [-0.1, -0.05) is 12.1 Å². The number of nitrogens with zero attached hydrogens (tertiary/aromatic N) is 3. The number of nitriles is 1. The Morgan fingerprint density at radius 3 is 2.62 bits per heavy atom. The molecule has 0 aliphatic rings. The Labute approximate surface area is 123 Å². The first-order chi connectivity index (χ1) is 10.1. The number of aromatic nitrogens is 2. The van der Waals surface area contributed by atoms with Crippen LogP contribution in [0.15, 0.2) is 35.1 Å². The normalized spacial score (nSPS) is 10.1. The SMILES string of the molecule is Cc1cc(=O)n(CCOc2ccc(CC#N)cc2)c(C)n1. The molecule has 0 aliphatic heterocycles. The van der Waals surface area contributed by atoms with E-state index in [2.05, 4.69) is 11.1 Å². The molecular weight excluding hydrogens is 266 g/mol. The molecule has 108 valence electrons. The summed E-state index contributed by atoms with van der Waals surface area (Å²) in [6.45, 7) is 4.46. The van der Waals surface area contributed by atoms with E-state index in [0.29, 0.717) is 25.4 Å². The minimum Gasteiger partial charge on any atom is -0.492 e. The van der Waals surface area contributed by atoms with Crippen LogP contribution in [0.3, 0.4) is 0 Å². The van der Waals surface area contributed by atoms with Crippen LogP contribution in [0.1, 0.15) is 17.1 Å². The lowest BCUT2D eigenvalue weighted by atomic mass is 10.2. The lowest BCUT2D eigenvalue weighted by Crippen LogP contribution is -2.26. The van der Waals surface area contributed by atoms with Crippen LogP contribution in [0.2, 0.25) is 0 Å². The first-order valence-corrected chi connectivity index (χ1v) is 6.74. The van der Waals surface area contributed by atoms with Gasteiger partial charge in [0.15, 0.2) is 0 Å². The summed E-state index contributed by atoms with van der Waals surface area (Å²) in [7, 11) is 0. The molecule has 5 nitrogen and oxygen atoms in total. The van der Waals surface area contributed by atoms with Gasteiger partial charge in [-0.2, -0.15) is 5.26 Å². The van der Waals surface area contributed by atoms with Crippen LogP contribution in [0.5, 0.6) is 5.75 Å². The van der Waals surface area contributed by atoms with Gasteiger partial charge in [0.05, 0.1) is 19.0 Å². The van der Waals surface area contributed by atoms with Gasteiger partial charge in [0.1, 0.15) is 18.2 Å². The van der Waals surface area contributed by atoms with Gasteiger partial charge in [-0.3, -0.25) is 9.36 Å². The van der Waals surface area contributed by atoms with Crippen LogP contribution in [0, 0.1) is 25.2 Å². The lowest BCUT2D eigenvalue weighted by Gasteiger charge is -2.11. The standard InChI is InChI=1S/C16H17N3O2/c1-12-11-16(20)19(13(2)18-12)9-10-21-15-5-3-14(4-6-15)7-8-17/h3-6,11H,7,9-10H2,1-2H3. The zero-order chi connectivity index (χ0) is 15.2. The monoisotopic (exact) mass is 283 g/mol. The number of ether oxygens (including phenoxy) is 1. The average Bonchev–Trinajstić information content (AvgIpc) is 2.44. The van der Waals surface area contributed by atoms with Crippen molar-refractivity contribution in [3.8, 4) is 11.8 Å². The summed E-state index contributed by atoms with van der Waals surface area (Å²) in [5.74, 6) is 1.41. The molecule has 21 heavy (non-hydrogen) atoms. The predicted octanol–water partition coefficient (Wildman–Crippen LogP) is 2.01. The van der Waals surface area contributed by atoms with Crippen LogP contribution >= 0.6 is 0 Å². The molecule has 0 saturated heterocycles. The van der Waals surface area contributed by atoms with Gasteiger partial charge in [0.25, 0.3) is 5.56 Å². The van der Waals surface area contributed by atoms with Crippen LogP contribution in [-0.4, -0.2) is 16.2 Å². The van der Waals surface area contributed by atoms with E-state index in [0.717, 1.165) is 17.0 Å². The van der Waals surface area contributed by atoms with Crippen LogP contribution in [0.4, 0.5) is 0 Å². The summed E-state index contributed by atoms with van der Waals surface area (Å²) in [5.41, 5.74) is 1.62. The fourth-order valence-electron chi connectivity index (χ4n) is 2.09. The molecule has 0 radical (unpaired) electrons. The summed E-state index contributed by atoms with van der Waals surface area (Å²) in [4.78, 5) is 16.1. The number of hydrogen-bond acceptors (Lipinski definition) is 4. The maximum Gasteiger partial charge on any atom is 0.253 e. The third-order valence-electron chi connectivity index (χ3n) is 3.12. The van der Waals surface area contributed by atoms with Crippen molar-refractivity contribution in [3.05, 3.63) is 57.8 Å². The first kappa shape index (κ1) is 14.8. The van der Waals surface area contributed by atoms with E-state index in [4.69, 9.17) is 10.00 Å². The second kappa shape index (κ2) is 6.71. The molecule has 1 aromatic heterocycles. The van der Waals surface area contributed by atoms with Crippen molar-refractivity contribution in [2.75, 3.05) is 6.61 Å². The highest BCUT2D eigenvalue weighted by molar-refractivity contribution is 5.28.